The first-order valence-corrected chi connectivity index (χ1v) is 12.8. The maximum Gasteiger partial charge on any atom is 0.253 e. The molecule has 1 atom stereocenters. The van der Waals surface area contributed by atoms with Crippen LogP contribution in [0.15, 0.2) is 42.0 Å². The molecule has 192 valence electrons. The summed E-state index contributed by atoms with van der Waals surface area (Å²) in [4.78, 5) is 42.4. The Bertz CT molecular complexity index is 1240. The largest absolute Gasteiger partial charge is 0.382 e. The van der Waals surface area contributed by atoms with Crippen LogP contribution < -0.4 is 10.6 Å². The molecule has 0 saturated heterocycles. The zero-order valence-corrected chi connectivity index (χ0v) is 22.5. The molecule has 3 aromatic rings. The number of ketones is 1. The number of hydrogen-bond acceptors (Lipinski definition) is 6. The summed E-state index contributed by atoms with van der Waals surface area (Å²) in [6.45, 7) is 9.77. The van der Waals surface area contributed by atoms with Crippen LogP contribution in [0.2, 0.25) is 0 Å². The van der Waals surface area contributed by atoms with Gasteiger partial charge in [-0.3, -0.25) is 14.4 Å². The van der Waals surface area contributed by atoms with E-state index in [0.29, 0.717) is 22.0 Å². The number of nitrogens with zero attached hydrogens (tertiary/aromatic N) is 2. The van der Waals surface area contributed by atoms with Gasteiger partial charge in [0.1, 0.15) is 6.04 Å². The summed E-state index contributed by atoms with van der Waals surface area (Å²) in [5.74, 6) is -0.775. The molecule has 36 heavy (non-hydrogen) atoms. The van der Waals surface area contributed by atoms with Crippen LogP contribution in [0.1, 0.15) is 67.3 Å². The minimum absolute atomic E-state index is 0.0106. The van der Waals surface area contributed by atoms with Crippen molar-refractivity contribution in [1.29, 1.82) is 0 Å². The van der Waals surface area contributed by atoms with E-state index in [1.807, 2.05) is 55.1 Å². The van der Waals surface area contributed by atoms with Crippen LogP contribution in [0.4, 0.5) is 5.13 Å². The first kappa shape index (κ1) is 27.3. The van der Waals surface area contributed by atoms with Crippen LogP contribution in [-0.4, -0.2) is 46.9 Å². The van der Waals surface area contributed by atoms with E-state index in [1.165, 1.54) is 18.4 Å². The summed E-state index contributed by atoms with van der Waals surface area (Å²) in [7, 11) is 1.47. The number of thiazole rings is 1. The molecular weight excluding hydrogens is 476 g/mol. The van der Waals surface area contributed by atoms with Crippen molar-refractivity contribution in [3.63, 3.8) is 0 Å². The summed E-state index contributed by atoms with van der Waals surface area (Å²) in [6.07, 6.45) is 5.38. The molecule has 0 aliphatic rings. The molecule has 8 nitrogen and oxygen atoms in total. The normalized spacial score (nSPS) is 12.3. The standard InChI is InChI=1S/C27H34N4O4S/c1-7-8-18-9-10-19(13-21(18)17(2)32)23-16-36-26(29-23)30-25(34)22(15-35-6)28-24(33)20-11-12-31(14-20)27(3,4)5/h9-14,16,22H,7-8,15H2,1-6H3,(H,28,33)(H,29,30,34). The molecule has 2 heterocycles. The van der Waals surface area contributed by atoms with E-state index >= 15 is 0 Å². The lowest BCUT2D eigenvalue weighted by Crippen LogP contribution is -2.46. The Morgan fingerprint density at radius 1 is 1.19 bits per heavy atom. The lowest BCUT2D eigenvalue weighted by Gasteiger charge is -2.21. The maximum absolute atomic E-state index is 13.0. The molecule has 2 amide bonds. The summed E-state index contributed by atoms with van der Waals surface area (Å²) >= 11 is 1.27. The van der Waals surface area contributed by atoms with Gasteiger partial charge in [0.2, 0.25) is 0 Å². The predicted molar refractivity (Wildman–Crippen MR) is 143 cm³/mol. The zero-order chi connectivity index (χ0) is 26.5. The van der Waals surface area contributed by atoms with Crippen LogP contribution in [0.25, 0.3) is 11.3 Å². The average Bonchev–Trinajstić information content (AvgIpc) is 3.49. The lowest BCUT2D eigenvalue weighted by atomic mass is 9.97. The van der Waals surface area contributed by atoms with Crippen LogP contribution in [-0.2, 0) is 21.5 Å². The molecule has 0 spiro atoms. The van der Waals surface area contributed by atoms with Crippen molar-refractivity contribution in [3.05, 3.63) is 58.7 Å². The fraction of sp³-hybridized carbons (Fsp3) is 0.407. The predicted octanol–water partition coefficient (Wildman–Crippen LogP) is 4.91. The minimum atomic E-state index is -0.898. The molecule has 9 heteroatoms. The second-order valence-electron chi connectivity index (χ2n) is 9.66. The van der Waals surface area contributed by atoms with Crippen molar-refractivity contribution in [1.82, 2.24) is 14.9 Å². The van der Waals surface area contributed by atoms with Crippen molar-refractivity contribution >= 4 is 34.1 Å². The van der Waals surface area contributed by atoms with Gasteiger partial charge >= 0.3 is 0 Å². The molecule has 2 aromatic heterocycles. The highest BCUT2D eigenvalue weighted by Crippen LogP contribution is 2.27. The average molecular weight is 511 g/mol. The van der Waals surface area contributed by atoms with E-state index in [2.05, 4.69) is 22.5 Å². The smallest absolute Gasteiger partial charge is 0.253 e. The fourth-order valence-electron chi connectivity index (χ4n) is 3.75. The number of aromatic nitrogens is 2. The van der Waals surface area contributed by atoms with E-state index in [4.69, 9.17) is 4.74 Å². The number of anilines is 1. The first-order chi connectivity index (χ1) is 17.0. The Hall–Kier alpha value is -3.30. The monoisotopic (exact) mass is 510 g/mol. The van der Waals surface area contributed by atoms with Gasteiger partial charge in [0.05, 0.1) is 17.9 Å². The van der Waals surface area contributed by atoms with Crippen molar-refractivity contribution in [2.45, 2.75) is 59.0 Å². The number of ether oxygens (including phenoxy) is 1. The molecule has 0 saturated carbocycles. The number of carbonyl (C=O) groups is 3. The Kier molecular flexibility index (Phi) is 8.81. The number of benzene rings is 1. The topological polar surface area (TPSA) is 102 Å². The van der Waals surface area contributed by atoms with Crippen molar-refractivity contribution in [2.24, 2.45) is 0 Å². The summed E-state index contributed by atoms with van der Waals surface area (Å²) in [5, 5.41) is 7.74. The van der Waals surface area contributed by atoms with E-state index < -0.39 is 11.9 Å². The maximum atomic E-state index is 13.0. The first-order valence-electron chi connectivity index (χ1n) is 11.9. The van der Waals surface area contributed by atoms with Crippen molar-refractivity contribution in [2.75, 3.05) is 19.0 Å². The Balaban J connectivity index is 1.72. The molecule has 0 radical (unpaired) electrons. The molecule has 0 aliphatic heterocycles. The second-order valence-corrected chi connectivity index (χ2v) is 10.5. The minimum Gasteiger partial charge on any atom is -0.382 e. The molecule has 1 unspecified atom stereocenters. The third kappa shape index (κ3) is 6.67. The third-order valence-corrected chi connectivity index (χ3v) is 6.48. The Morgan fingerprint density at radius 3 is 2.56 bits per heavy atom. The van der Waals surface area contributed by atoms with Crippen molar-refractivity contribution < 1.29 is 19.1 Å². The molecule has 0 aliphatic carbocycles. The Labute approximate surface area is 216 Å². The van der Waals surface area contributed by atoms with E-state index in [1.54, 1.807) is 19.2 Å². The Morgan fingerprint density at radius 2 is 1.94 bits per heavy atom. The molecule has 2 N–H and O–H groups in total. The second kappa shape index (κ2) is 11.6. The molecule has 0 bridgehead atoms. The van der Waals surface area contributed by atoms with Gasteiger partial charge in [-0.1, -0.05) is 25.5 Å². The van der Waals surface area contributed by atoms with E-state index in [9.17, 15) is 14.4 Å². The van der Waals surface area contributed by atoms with Gasteiger partial charge in [0.25, 0.3) is 11.8 Å². The fourth-order valence-corrected chi connectivity index (χ4v) is 4.47. The highest BCUT2D eigenvalue weighted by molar-refractivity contribution is 7.14. The number of amides is 2. The van der Waals surface area contributed by atoms with Gasteiger partial charge in [0, 0.05) is 41.5 Å². The summed E-state index contributed by atoms with van der Waals surface area (Å²) in [5.41, 5.74) is 3.48. The van der Waals surface area contributed by atoms with Crippen LogP contribution in [0.3, 0.4) is 0 Å². The number of aryl methyl sites for hydroxylation is 1. The zero-order valence-electron chi connectivity index (χ0n) is 21.7. The van der Waals surface area contributed by atoms with E-state index in [-0.39, 0.29) is 23.8 Å². The van der Waals surface area contributed by atoms with Gasteiger partial charge in [-0.2, -0.15) is 0 Å². The highest BCUT2D eigenvalue weighted by Gasteiger charge is 2.24. The van der Waals surface area contributed by atoms with Gasteiger partial charge in [-0.25, -0.2) is 4.98 Å². The number of hydrogen-bond donors (Lipinski definition) is 2. The summed E-state index contributed by atoms with van der Waals surface area (Å²) < 4.78 is 7.11. The van der Waals surface area contributed by atoms with Crippen LogP contribution >= 0.6 is 11.3 Å². The SMILES string of the molecule is CCCc1ccc(-c2csc(NC(=O)C(COC)NC(=O)c3ccn(C(C)(C)C)c3)n2)cc1C(C)=O. The highest BCUT2D eigenvalue weighted by atomic mass is 32.1. The number of Topliss-reactive ketones (excluding diaryl/α,β-unsaturated/α-hetero) is 1. The van der Waals surface area contributed by atoms with Crippen LogP contribution in [0.5, 0.6) is 0 Å². The molecular formula is C27H34N4O4S. The number of rotatable bonds is 10. The van der Waals surface area contributed by atoms with Crippen molar-refractivity contribution in [3.8, 4) is 11.3 Å². The third-order valence-electron chi connectivity index (χ3n) is 5.72. The summed E-state index contributed by atoms with van der Waals surface area (Å²) in [6, 6.07) is 6.58. The quantitative estimate of drug-likeness (QED) is 0.378. The van der Waals surface area contributed by atoms with Gasteiger partial charge in [-0.05, 0) is 51.8 Å². The lowest BCUT2D eigenvalue weighted by molar-refractivity contribution is -0.119. The van der Waals surface area contributed by atoms with Gasteiger partial charge in [0.15, 0.2) is 10.9 Å². The molecule has 0 fully saturated rings. The van der Waals surface area contributed by atoms with E-state index in [0.717, 1.165) is 24.0 Å². The molecule has 1 aromatic carbocycles. The van der Waals surface area contributed by atoms with Crippen LogP contribution in [0, 0.1) is 0 Å². The molecule has 3 rings (SSSR count). The number of nitrogens with one attached hydrogen (secondary N) is 2. The van der Waals surface area contributed by atoms with Gasteiger partial charge < -0.3 is 19.9 Å². The number of carbonyl (C=O) groups excluding carboxylic acids is 3. The number of methoxy groups -OCH3 is 1. The van der Waals surface area contributed by atoms with Gasteiger partial charge in [-0.15, -0.1) is 11.3 Å².